The van der Waals surface area contributed by atoms with Gasteiger partial charge in [-0.15, -0.1) is 0 Å². The van der Waals surface area contributed by atoms with E-state index in [1.165, 1.54) is 32.0 Å². The minimum atomic E-state index is -0.259. The fourth-order valence-electron chi connectivity index (χ4n) is 4.94. The van der Waals surface area contributed by atoms with Crippen molar-refractivity contribution in [3.8, 4) is 0 Å². The van der Waals surface area contributed by atoms with Crippen LogP contribution in [0.3, 0.4) is 0 Å². The van der Waals surface area contributed by atoms with Crippen molar-refractivity contribution in [2.24, 2.45) is 4.99 Å². The van der Waals surface area contributed by atoms with Gasteiger partial charge in [-0.05, 0) is 64.3 Å². The lowest BCUT2D eigenvalue weighted by Gasteiger charge is -2.43. The molecule has 8 heteroatoms. The van der Waals surface area contributed by atoms with Crippen LogP contribution in [0.2, 0.25) is 0 Å². The van der Waals surface area contributed by atoms with Gasteiger partial charge in [0.2, 0.25) is 0 Å². The Kier molecular flexibility index (Phi) is 7.04. The zero-order chi connectivity index (χ0) is 20.8. The molecule has 0 spiro atoms. The van der Waals surface area contributed by atoms with Crippen LogP contribution in [0.1, 0.15) is 39.0 Å². The van der Waals surface area contributed by atoms with E-state index < -0.39 is 0 Å². The lowest BCUT2D eigenvalue weighted by atomic mass is 9.88. The van der Waals surface area contributed by atoms with E-state index in [0.29, 0.717) is 5.82 Å². The van der Waals surface area contributed by atoms with Gasteiger partial charge in [0.25, 0.3) is 0 Å². The number of pyridine rings is 1. The minimum Gasteiger partial charge on any atom is -0.381 e. The highest BCUT2D eigenvalue weighted by atomic mass is 19.1. The van der Waals surface area contributed by atoms with Gasteiger partial charge in [-0.2, -0.15) is 0 Å². The Balaban J connectivity index is 1.40. The molecule has 166 valence electrons. The Labute approximate surface area is 179 Å². The first-order valence-electron chi connectivity index (χ1n) is 11.4. The molecule has 0 radical (unpaired) electrons. The second-order valence-corrected chi connectivity index (χ2v) is 8.61. The van der Waals surface area contributed by atoms with E-state index in [9.17, 15) is 4.39 Å². The molecule has 3 fully saturated rings. The van der Waals surface area contributed by atoms with Crippen LogP contribution in [0.4, 0.5) is 10.2 Å². The predicted octanol–water partition coefficient (Wildman–Crippen LogP) is 2.00. The van der Waals surface area contributed by atoms with Gasteiger partial charge in [0, 0.05) is 50.6 Å². The molecule has 1 unspecified atom stereocenters. The first-order chi connectivity index (χ1) is 14.7. The van der Waals surface area contributed by atoms with Crippen molar-refractivity contribution < 1.29 is 9.13 Å². The quantitative estimate of drug-likeness (QED) is 0.544. The van der Waals surface area contributed by atoms with E-state index in [-0.39, 0.29) is 17.4 Å². The molecular formula is C22H35FN6O. The van der Waals surface area contributed by atoms with Crippen molar-refractivity contribution in [1.29, 1.82) is 0 Å². The van der Waals surface area contributed by atoms with Crippen molar-refractivity contribution in [1.82, 2.24) is 20.5 Å². The predicted molar refractivity (Wildman–Crippen MR) is 118 cm³/mol. The van der Waals surface area contributed by atoms with Crippen LogP contribution in [0.25, 0.3) is 0 Å². The van der Waals surface area contributed by atoms with Crippen molar-refractivity contribution in [2.45, 2.75) is 50.6 Å². The van der Waals surface area contributed by atoms with Crippen molar-refractivity contribution in [2.75, 3.05) is 57.4 Å². The highest BCUT2D eigenvalue weighted by molar-refractivity contribution is 5.80. The Morgan fingerprint density at radius 2 is 2.10 bits per heavy atom. The molecule has 0 aromatic carbocycles. The maximum Gasteiger partial charge on any atom is 0.191 e. The molecule has 7 nitrogen and oxygen atoms in total. The molecular weight excluding hydrogens is 383 g/mol. The molecule has 1 aromatic heterocycles. The third-order valence-electron chi connectivity index (χ3n) is 6.64. The Morgan fingerprint density at radius 3 is 2.83 bits per heavy atom. The summed E-state index contributed by atoms with van der Waals surface area (Å²) < 4.78 is 19.8. The minimum absolute atomic E-state index is 0.121. The summed E-state index contributed by atoms with van der Waals surface area (Å²) in [6, 6.07) is 3.33. The second kappa shape index (κ2) is 9.92. The Morgan fingerprint density at radius 1 is 1.30 bits per heavy atom. The molecule has 0 aliphatic carbocycles. The maximum atomic E-state index is 14.1. The van der Waals surface area contributed by atoms with E-state index in [0.717, 1.165) is 64.6 Å². The second-order valence-electron chi connectivity index (χ2n) is 8.61. The number of anilines is 1. The molecule has 3 saturated heterocycles. The first-order valence-corrected chi connectivity index (χ1v) is 11.4. The summed E-state index contributed by atoms with van der Waals surface area (Å²) in [5, 5.41) is 6.98. The van der Waals surface area contributed by atoms with Crippen LogP contribution in [0.15, 0.2) is 23.3 Å². The zero-order valence-electron chi connectivity index (χ0n) is 18.1. The van der Waals surface area contributed by atoms with E-state index in [1.807, 2.05) is 4.90 Å². The smallest absolute Gasteiger partial charge is 0.191 e. The normalized spacial score (nSPS) is 24.9. The zero-order valence-corrected chi connectivity index (χ0v) is 18.1. The Bertz CT molecular complexity index is 717. The standard InChI is InChI=1S/C22H35FN6O/c1-2-24-21(26-17-22(8-14-30-15-9-22)29-11-3-4-12-29)27-18-7-13-28(16-18)20-19(23)6-5-10-25-20/h5-6,10,18H,2-4,7-9,11-17H2,1H3,(H2,24,26,27). The van der Waals surface area contributed by atoms with Gasteiger partial charge in [-0.3, -0.25) is 9.89 Å². The third-order valence-corrected chi connectivity index (χ3v) is 6.64. The maximum absolute atomic E-state index is 14.1. The molecule has 0 bridgehead atoms. The van der Waals surface area contributed by atoms with Crippen LogP contribution in [0.5, 0.6) is 0 Å². The number of nitrogens with one attached hydrogen (secondary N) is 2. The first kappa shape index (κ1) is 21.3. The summed E-state index contributed by atoms with van der Waals surface area (Å²) in [6.45, 7) is 9.20. The van der Waals surface area contributed by atoms with Crippen molar-refractivity contribution in [3.05, 3.63) is 24.1 Å². The molecule has 0 amide bonds. The Hall–Kier alpha value is -1.93. The van der Waals surface area contributed by atoms with Crippen LogP contribution in [-0.2, 0) is 4.74 Å². The summed E-state index contributed by atoms with van der Waals surface area (Å²) in [5.74, 6) is 1.04. The number of hydrogen-bond donors (Lipinski definition) is 2. The molecule has 1 atom stereocenters. The number of ether oxygens (including phenoxy) is 1. The molecule has 3 aliphatic heterocycles. The van der Waals surface area contributed by atoms with Crippen LogP contribution in [0, 0.1) is 5.82 Å². The average molecular weight is 419 g/mol. The number of halogens is 1. The van der Waals surface area contributed by atoms with E-state index in [2.05, 4.69) is 27.4 Å². The summed E-state index contributed by atoms with van der Waals surface area (Å²) in [4.78, 5) is 13.9. The number of nitrogens with zero attached hydrogens (tertiary/aromatic N) is 4. The summed E-state index contributed by atoms with van der Waals surface area (Å²) in [7, 11) is 0. The van der Waals surface area contributed by atoms with E-state index in [1.54, 1.807) is 12.3 Å². The number of aliphatic imine (C=N–C) groups is 1. The SMILES string of the molecule is CCNC(=NCC1(N2CCCC2)CCOCC1)NC1CCN(c2ncccc2F)C1. The molecule has 0 saturated carbocycles. The van der Waals surface area contributed by atoms with E-state index in [4.69, 9.17) is 9.73 Å². The molecule has 4 heterocycles. The van der Waals surface area contributed by atoms with Crippen LogP contribution < -0.4 is 15.5 Å². The highest BCUT2D eigenvalue weighted by Gasteiger charge is 2.39. The number of rotatable bonds is 6. The fourth-order valence-corrected chi connectivity index (χ4v) is 4.94. The van der Waals surface area contributed by atoms with Crippen molar-refractivity contribution >= 4 is 11.8 Å². The van der Waals surface area contributed by atoms with Gasteiger partial charge >= 0.3 is 0 Å². The lowest BCUT2D eigenvalue weighted by molar-refractivity contribution is -0.0139. The van der Waals surface area contributed by atoms with Gasteiger partial charge in [0.05, 0.1) is 6.54 Å². The average Bonchev–Trinajstić information content (AvgIpc) is 3.46. The monoisotopic (exact) mass is 418 g/mol. The fraction of sp³-hybridized carbons (Fsp3) is 0.727. The molecule has 1 aromatic rings. The lowest BCUT2D eigenvalue weighted by Crippen LogP contribution is -2.54. The van der Waals surface area contributed by atoms with Crippen LogP contribution >= 0.6 is 0 Å². The van der Waals surface area contributed by atoms with E-state index >= 15 is 0 Å². The largest absolute Gasteiger partial charge is 0.381 e. The molecule has 3 aliphatic rings. The summed E-state index contributed by atoms with van der Waals surface area (Å²) in [6.07, 6.45) is 7.25. The molecule has 30 heavy (non-hydrogen) atoms. The van der Waals surface area contributed by atoms with Gasteiger partial charge in [-0.25, -0.2) is 9.37 Å². The van der Waals surface area contributed by atoms with Gasteiger partial charge < -0.3 is 20.3 Å². The highest BCUT2D eigenvalue weighted by Crippen LogP contribution is 2.31. The number of hydrogen-bond acceptors (Lipinski definition) is 5. The number of guanidine groups is 1. The van der Waals surface area contributed by atoms with Crippen LogP contribution in [-0.4, -0.2) is 79.9 Å². The molecule has 4 rings (SSSR count). The topological polar surface area (TPSA) is 65.0 Å². The van der Waals surface area contributed by atoms with Gasteiger partial charge in [0.15, 0.2) is 17.6 Å². The summed E-state index contributed by atoms with van der Waals surface area (Å²) >= 11 is 0. The van der Waals surface area contributed by atoms with Gasteiger partial charge in [0.1, 0.15) is 0 Å². The number of aromatic nitrogens is 1. The molecule has 2 N–H and O–H groups in total. The number of likely N-dealkylation sites (tertiary alicyclic amines) is 1. The van der Waals surface area contributed by atoms with Gasteiger partial charge in [-0.1, -0.05) is 0 Å². The summed E-state index contributed by atoms with van der Waals surface area (Å²) in [5.41, 5.74) is 0.121. The third kappa shape index (κ3) is 4.86. The van der Waals surface area contributed by atoms with Crippen molar-refractivity contribution in [3.63, 3.8) is 0 Å².